The maximum Gasteiger partial charge on any atom is 0.335 e. The molecule has 1 heterocycles. The third-order valence-electron chi connectivity index (χ3n) is 6.54. The molecule has 1 aliphatic heterocycles. The topological polar surface area (TPSA) is 171 Å². The Labute approximate surface area is 245 Å². The minimum Gasteiger partial charge on any atom is -0.490 e. The number of non-ortho nitro benzene ring substituents is 1. The fourth-order valence-electron chi connectivity index (χ4n) is 4.33. The van der Waals surface area contributed by atoms with E-state index in [1.807, 2.05) is 13.8 Å². The fraction of sp³-hybridized carbons (Fsp3) is 0.167. The third-order valence-corrected chi connectivity index (χ3v) is 6.54. The van der Waals surface area contributed by atoms with Crippen molar-refractivity contribution >= 4 is 41.0 Å². The molecule has 0 radical (unpaired) electrons. The summed E-state index contributed by atoms with van der Waals surface area (Å²) < 4.78 is 11.7. The van der Waals surface area contributed by atoms with Gasteiger partial charge in [-0.1, -0.05) is 12.1 Å². The van der Waals surface area contributed by atoms with E-state index in [1.165, 1.54) is 18.2 Å². The predicted octanol–water partition coefficient (Wildman–Crippen LogP) is 5.71. The van der Waals surface area contributed by atoms with Gasteiger partial charge in [-0.3, -0.25) is 35.1 Å². The normalized spacial score (nSPS) is 14.0. The molecule has 0 bridgehead atoms. The van der Waals surface area contributed by atoms with Gasteiger partial charge in [0.1, 0.15) is 5.57 Å². The van der Waals surface area contributed by atoms with Crippen LogP contribution in [0.25, 0.3) is 6.08 Å². The first kappa shape index (κ1) is 30.1. The first-order chi connectivity index (χ1) is 20.4. The molecule has 0 atom stereocenters. The number of carbonyl (C=O) groups is 3. The molecule has 4 rings (SSSR count). The van der Waals surface area contributed by atoms with Crippen LogP contribution in [0.2, 0.25) is 0 Å². The van der Waals surface area contributed by atoms with Crippen LogP contribution in [0.1, 0.15) is 29.2 Å². The van der Waals surface area contributed by atoms with Crippen molar-refractivity contribution in [2.45, 2.75) is 27.2 Å². The quantitative estimate of drug-likeness (QED) is 0.103. The van der Waals surface area contributed by atoms with Crippen molar-refractivity contribution in [2.24, 2.45) is 0 Å². The van der Waals surface area contributed by atoms with Gasteiger partial charge < -0.3 is 9.47 Å². The van der Waals surface area contributed by atoms with E-state index in [2.05, 4.69) is 11.9 Å². The number of nitrogens with zero attached hydrogens (tertiary/aromatic N) is 3. The largest absolute Gasteiger partial charge is 0.490 e. The lowest BCUT2D eigenvalue weighted by molar-refractivity contribution is -0.394. The second kappa shape index (κ2) is 12.3. The summed E-state index contributed by atoms with van der Waals surface area (Å²) in [6.07, 6.45) is 3.02. The van der Waals surface area contributed by atoms with Crippen molar-refractivity contribution in [1.82, 2.24) is 5.32 Å². The molecular weight excluding hydrogens is 560 g/mol. The number of amides is 4. The number of carbonyl (C=O) groups excluding carboxylic acids is 3. The summed E-state index contributed by atoms with van der Waals surface area (Å²) in [6, 6.07) is 10.2. The Bertz CT molecular complexity index is 1730. The molecule has 13 heteroatoms. The maximum atomic E-state index is 13.4. The van der Waals surface area contributed by atoms with E-state index in [9.17, 15) is 34.6 Å². The highest BCUT2D eigenvalue weighted by Crippen LogP contribution is 2.41. The number of anilines is 1. The van der Waals surface area contributed by atoms with Crippen LogP contribution in [0.4, 0.5) is 21.9 Å². The van der Waals surface area contributed by atoms with Crippen LogP contribution in [0.5, 0.6) is 17.2 Å². The molecule has 0 aliphatic carbocycles. The zero-order chi connectivity index (χ0) is 31.4. The Balaban J connectivity index is 1.81. The van der Waals surface area contributed by atoms with Gasteiger partial charge >= 0.3 is 11.7 Å². The number of allylic oxidation sites excluding steroid dienone is 1. The second-order valence-electron chi connectivity index (χ2n) is 9.43. The molecule has 43 heavy (non-hydrogen) atoms. The van der Waals surface area contributed by atoms with E-state index in [0.717, 1.165) is 34.2 Å². The minimum absolute atomic E-state index is 0.0761. The number of benzene rings is 3. The molecule has 1 N–H and O–H groups in total. The van der Waals surface area contributed by atoms with Gasteiger partial charge in [0, 0.05) is 11.6 Å². The lowest BCUT2D eigenvalue weighted by atomic mass is 10.0. The summed E-state index contributed by atoms with van der Waals surface area (Å²) in [4.78, 5) is 61.0. The minimum atomic E-state index is -0.889. The van der Waals surface area contributed by atoms with Crippen molar-refractivity contribution < 1.29 is 33.7 Å². The Kier molecular flexibility index (Phi) is 8.65. The molecule has 3 aromatic carbocycles. The molecule has 1 fully saturated rings. The average molecular weight is 587 g/mol. The molecule has 1 aliphatic rings. The van der Waals surface area contributed by atoms with E-state index >= 15 is 0 Å². The number of hydrogen-bond acceptors (Lipinski definition) is 9. The van der Waals surface area contributed by atoms with Crippen LogP contribution in [-0.4, -0.2) is 34.3 Å². The lowest BCUT2D eigenvalue weighted by Crippen LogP contribution is -2.54. The molecule has 1 saturated heterocycles. The van der Waals surface area contributed by atoms with Gasteiger partial charge in [-0.05, 0) is 80.3 Å². The van der Waals surface area contributed by atoms with Gasteiger partial charge in [-0.2, -0.15) is 0 Å². The number of imide groups is 2. The number of rotatable bonds is 10. The van der Waals surface area contributed by atoms with Crippen LogP contribution >= 0.6 is 0 Å². The number of aryl methyl sites for hydroxylation is 2. The highest BCUT2D eigenvalue weighted by atomic mass is 16.6. The van der Waals surface area contributed by atoms with Gasteiger partial charge in [0.2, 0.25) is 5.75 Å². The van der Waals surface area contributed by atoms with Gasteiger partial charge in [0.25, 0.3) is 17.5 Å². The van der Waals surface area contributed by atoms with E-state index in [4.69, 9.17) is 9.47 Å². The maximum absolute atomic E-state index is 13.4. The van der Waals surface area contributed by atoms with Gasteiger partial charge in [-0.15, -0.1) is 6.58 Å². The van der Waals surface area contributed by atoms with Gasteiger partial charge in [0.05, 0.1) is 28.2 Å². The number of nitro benzene ring substituents is 2. The van der Waals surface area contributed by atoms with Gasteiger partial charge in [-0.25, -0.2) is 9.69 Å². The number of hydrogen-bond donors (Lipinski definition) is 1. The zero-order valence-electron chi connectivity index (χ0n) is 23.4. The van der Waals surface area contributed by atoms with Crippen LogP contribution < -0.4 is 19.7 Å². The standard InChI is InChI=1S/C30H26N4O9/c1-5-7-20-13-19(14-23-28(35)31-30(37)32(29(23)36)21-9-8-17(3)18(4)12-21)15-26(42-6-2)27(20)43-25-11-10-22(33(38)39)16-24(25)34(40)41/h5,8-16H,1,6-7H2,2-4H3,(H,31,35,37)/b23-14+. The highest BCUT2D eigenvalue weighted by Gasteiger charge is 2.37. The summed E-state index contributed by atoms with van der Waals surface area (Å²) in [5.41, 5.74) is 1.42. The number of barbiturate groups is 1. The molecule has 0 aromatic heterocycles. The van der Waals surface area contributed by atoms with Crippen molar-refractivity contribution in [3.05, 3.63) is 109 Å². The summed E-state index contributed by atoms with van der Waals surface area (Å²) in [6.45, 7) is 9.30. The highest BCUT2D eigenvalue weighted by molar-refractivity contribution is 6.39. The molecule has 3 aromatic rings. The summed E-state index contributed by atoms with van der Waals surface area (Å²) in [5, 5.41) is 25.0. The molecule has 0 saturated carbocycles. The zero-order valence-corrected chi connectivity index (χ0v) is 23.4. The summed E-state index contributed by atoms with van der Waals surface area (Å²) >= 11 is 0. The smallest absolute Gasteiger partial charge is 0.335 e. The SMILES string of the molecule is C=CCc1cc(/C=C2\C(=O)NC(=O)N(c3ccc(C)c(C)c3)C2=O)cc(OCC)c1Oc1ccc([N+](=O)[O-])cc1[N+](=O)[O-]. The van der Waals surface area contributed by atoms with Crippen molar-refractivity contribution in [1.29, 1.82) is 0 Å². The van der Waals surface area contributed by atoms with E-state index < -0.39 is 39.1 Å². The number of nitro groups is 2. The van der Waals surface area contributed by atoms with Gasteiger partial charge in [0.15, 0.2) is 11.5 Å². The number of urea groups is 1. The molecular formula is C30H26N4O9. The molecule has 0 spiro atoms. The Morgan fingerprint density at radius 3 is 2.33 bits per heavy atom. The Hall–Kier alpha value is -5.85. The average Bonchev–Trinajstić information content (AvgIpc) is 2.94. The van der Waals surface area contributed by atoms with Crippen molar-refractivity contribution in [3.63, 3.8) is 0 Å². The van der Waals surface area contributed by atoms with E-state index in [0.29, 0.717) is 16.8 Å². The van der Waals surface area contributed by atoms with Crippen LogP contribution in [0.3, 0.4) is 0 Å². The number of ether oxygens (including phenoxy) is 2. The van der Waals surface area contributed by atoms with Crippen LogP contribution in [0, 0.1) is 34.1 Å². The Morgan fingerprint density at radius 1 is 0.953 bits per heavy atom. The third kappa shape index (κ3) is 6.25. The predicted molar refractivity (Wildman–Crippen MR) is 156 cm³/mol. The number of nitrogens with one attached hydrogen (secondary N) is 1. The first-order valence-corrected chi connectivity index (χ1v) is 12.9. The monoisotopic (exact) mass is 586 g/mol. The summed E-state index contributed by atoms with van der Waals surface area (Å²) in [7, 11) is 0. The van der Waals surface area contributed by atoms with Crippen LogP contribution in [-0.2, 0) is 16.0 Å². The molecule has 220 valence electrons. The van der Waals surface area contributed by atoms with Crippen LogP contribution in [0.15, 0.2) is 66.8 Å². The first-order valence-electron chi connectivity index (χ1n) is 12.9. The van der Waals surface area contributed by atoms with Crippen molar-refractivity contribution in [2.75, 3.05) is 11.5 Å². The summed E-state index contributed by atoms with van der Waals surface area (Å²) in [5.74, 6) is -1.79. The van der Waals surface area contributed by atoms with E-state index in [1.54, 1.807) is 31.2 Å². The lowest BCUT2D eigenvalue weighted by Gasteiger charge is -2.27. The molecule has 13 nitrogen and oxygen atoms in total. The van der Waals surface area contributed by atoms with E-state index in [-0.39, 0.29) is 35.8 Å². The molecule has 0 unspecified atom stereocenters. The second-order valence-corrected chi connectivity index (χ2v) is 9.43. The Morgan fingerprint density at radius 2 is 1.70 bits per heavy atom. The molecule has 4 amide bonds. The van der Waals surface area contributed by atoms with Crippen molar-refractivity contribution in [3.8, 4) is 17.2 Å². The fourth-order valence-corrected chi connectivity index (χ4v) is 4.33.